The first kappa shape index (κ1) is 13.3. The largest absolute Gasteiger partial charge is 0.330 e. The van der Waals surface area contributed by atoms with E-state index in [9.17, 15) is 8.78 Å². The molecule has 0 fully saturated rings. The number of benzene rings is 1. The van der Waals surface area contributed by atoms with Crippen LogP contribution in [0.2, 0.25) is 0 Å². The smallest absolute Gasteiger partial charge is 0.126 e. The van der Waals surface area contributed by atoms with Gasteiger partial charge in [-0.2, -0.15) is 0 Å². The summed E-state index contributed by atoms with van der Waals surface area (Å²) in [5.41, 5.74) is 11.4. The van der Waals surface area contributed by atoms with Crippen LogP contribution in [-0.4, -0.2) is 6.54 Å². The van der Waals surface area contributed by atoms with Gasteiger partial charge in [-0.25, -0.2) is 8.78 Å². The Hall–Kier alpha value is -0.710. The molecular formula is C9H13ClF2N2. The summed E-state index contributed by atoms with van der Waals surface area (Å²) in [4.78, 5) is 0. The van der Waals surface area contributed by atoms with Crippen LogP contribution in [0.5, 0.6) is 0 Å². The first-order valence-electron chi connectivity index (χ1n) is 4.05. The van der Waals surface area contributed by atoms with Crippen molar-refractivity contribution in [2.45, 2.75) is 12.5 Å². The summed E-state index contributed by atoms with van der Waals surface area (Å²) in [6.45, 7) is 0.402. The standard InChI is InChI=1S/C9H12F2N2.ClH/c10-7-3-6(4-8(11)5-7)9(13)1-2-12;/h3-5,9H,1-2,12-13H2;1H/t9-;/m0./s1. The van der Waals surface area contributed by atoms with Gasteiger partial charge in [-0.05, 0) is 30.7 Å². The topological polar surface area (TPSA) is 52.0 Å². The van der Waals surface area contributed by atoms with Crippen molar-refractivity contribution < 1.29 is 8.78 Å². The van der Waals surface area contributed by atoms with E-state index in [1.165, 1.54) is 12.1 Å². The number of rotatable bonds is 3. The van der Waals surface area contributed by atoms with Crippen molar-refractivity contribution >= 4 is 12.4 Å². The Labute approximate surface area is 87.7 Å². The van der Waals surface area contributed by atoms with E-state index in [4.69, 9.17) is 11.5 Å². The second kappa shape index (κ2) is 5.90. The minimum Gasteiger partial charge on any atom is -0.330 e. The number of hydrogen-bond acceptors (Lipinski definition) is 2. The van der Waals surface area contributed by atoms with Crippen LogP contribution in [0.3, 0.4) is 0 Å². The highest BCUT2D eigenvalue weighted by Crippen LogP contribution is 2.16. The molecule has 0 heterocycles. The molecule has 0 unspecified atom stereocenters. The Morgan fingerprint density at radius 2 is 1.64 bits per heavy atom. The first-order chi connectivity index (χ1) is 6.13. The van der Waals surface area contributed by atoms with Crippen LogP contribution in [0.25, 0.3) is 0 Å². The fraction of sp³-hybridized carbons (Fsp3) is 0.333. The van der Waals surface area contributed by atoms with Crippen LogP contribution in [-0.2, 0) is 0 Å². The molecule has 0 saturated carbocycles. The zero-order valence-electron chi connectivity index (χ0n) is 7.54. The van der Waals surface area contributed by atoms with Gasteiger partial charge in [0.2, 0.25) is 0 Å². The van der Waals surface area contributed by atoms with Gasteiger partial charge in [0.15, 0.2) is 0 Å². The van der Waals surface area contributed by atoms with E-state index in [-0.39, 0.29) is 12.4 Å². The van der Waals surface area contributed by atoms with E-state index in [1.54, 1.807) is 0 Å². The van der Waals surface area contributed by atoms with Crippen LogP contribution < -0.4 is 11.5 Å². The first-order valence-corrected chi connectivity index (χ1v) is 4.05. The zero-order valence-corrected chi connectivity index (χ0v) is 8.36. The molecule has 1 atom stereocenters. The highest BCUT2D eigenvalue weighted by atomic mass is 35.5. The molecule has 0 saturated heterocycles. The molecular weight excluding hydrogens is 210 g/mol. The lowest BCUT2D eigenvalue weighted by Gasteiger charge is -2.10. The van der Waals surface area contributed by atoms with Crippen molar-refractivity contribution in [3.05, 3.63) is 35.4 Å². The molecule has 1 rings (SSSR count). The van der Waals surface area contributed by atoms with Gasteiger partial charge in [-0.3, -0.25) is 0 Å². The summed E-state index contributed by atoms with van der Waals surface area (Å²) in [6, 6.07) is 2.88. The second-order valence-corrected chi connectivity index (χ2v) is 2.89. The normalized spacial score (nSPS) is 12.0. The zero-order chi connectivity index (χ0) is 9.84. The van der Waals surface area contributed by atoms with Crippen LogP contribution in [0, 0.1) is 11.6 Å². The quantitative estimate of drug-likeness (QED) is 0.819. The molecule has 4 N–H and O–H groups in total. The van der Waals surface area contributed by atoms with Crippen LogP contribution in [0.4, 0.5) is 8.78 Å². The van der Waals surface area contributed by atoms with Gasteiger partial charge in [0.25, 0.3) is 0 Å². The molecule has 80 valence electrons. The third kappa shape index (κ3) is 3.57. The van der Waals surface area contributed by atoms with Gasteiger partial charge >= 0.3 is 0 Å². The summed E-state index contributed by atoms with van der Waals surface area (Å²) < 4.78 is 25.4. The summed E-state index contributed by atoms with van der Waals surface area (Å²) in [7, 11) is 0. The lowest BCUT2D eigenvalue weighted by molar-refractivity contribution is 0.568. The van der Waals surface area contributed by atoms with Crippen LogP contribution >= 0.6 is 12.4 Å². The van der Waals surface area contributed by atoms with Crippen molar-refractivity contribution in [3.63, 3.8) is 0 Å². The Bertz CT molecular complexity index is 274. The molecule has 0 aliphatic heterocycles. The molecule has 5 heteroatoms. The van der Waals surface area contributed by atoms with Gasteiger partial charge < -0.3 is 11.5 Å². The molecule has 1 aromatic rings. The minimum absolute atomic E-state index is 0. The van der Waals surface area contributed by atoms with E-state index in [1.807, 2.05) is 0 Å². The van der Waals surface area contributed by atoms with E-state index in [0.717, 1.165) is 6.07 Å². The Kier molecular flexibility index (Phi) is 5.60. The lowest BCUT2D eigenvalue weighted by Crippen LogP contribution is -2.15. The fourth-order valence-electron chi connectivity index (χ4n) is 1.14. The fourth-order valence-corrected chi connectivity index (χ4v) is 1.14. The van der Waals surface area contributed by atoms with Gasteiger partial charge in [0.1, 0.15) is 11.6 Å². The Morgan fingerprint density at radius 3 is 2.07 bits per heavy atom. The average Bonchev–Trinajstić information content (AvgIpc) is 2.03. The maximum Gasteiger partial charge on any atom is 0.126 e. The lowest BCUT2D eigenvalue weighted by atomic mass is 10.0. The monoisotopic (exact) mass is 222 g/mol. The Balaban J connectivity index is 0.00000169. The predicted octanol–water partition coefficient (Wildman–Crippen LogP) is 1.74. The molecule has 0 aliphatic rings. The van der Waals surface area contributed by atoms with Crippen molar-refractivity contribution in [3.8, 4) is 0 Å². The van der Waals surface area contributed by atoms with Gasteiger partial charge in [0.05, 0.1) is 0 Å². The molecule has 14 heavy (non-hydrogen) atoms. The molecule has 2 nitrogen and oxygen atoms in total. The van der Waals surface area contributed by atoms with Gasteiger partial charge in [-0.1, -0.05) is 0 Å². The second-order valence-electron chi connectivity index (χ2n) is 2.89. The van der Waals surface area contributed by atoms with E-state index in [0.29, 0.717) is 18.5 Å². The molecule has 0 radical (unpaired) electrons. The SMILES string of the molecule is Cl.NCC[C@H](N)c1cc(F)cc(F)c1. The molecule has 1 aromatic carbocycles. The third-order valence-corrected chi connectivity index (χ3v) is 1.79. The summed E-state index contributed by atoms with van der Waals surface area (Å²) in [5.74, 6) is -1.22. The molecule has 0 aromatic heterocycles. The third-order valence-electron chi connectivity index (χ3n) is 1.79. The maximum atomic E-state index is 12.7. The molecule has 0 spiro atoms. The summed E-state index contributed by atoms with van der Waals surface area (Å²) in [5, 5.41) is 0. The average molecular weight is 223 g/mol. The number of nitrogens with two attached hydrogens (primary N) is 2. The number of hydrogen-bond donors (Lipinski definition) is 2. The maximum absolute atomic E-state index is 12.7. The van der Waals surface area contributed by atoms with Crippen LogP contribution in [0.1, 0.15) is 18.0 Å². The van der Waals surface area contributed by atoms with Crippen molar-refractivity contribution in [1.82, 2.24) is 0 Å². The predicted molar refractivity (Wildman–Crippen MR) is 54.2 cm³/mol. The van der Waals surface area contributed by atoms with Gasteiger partial charge in [-0.15, -0.1) is 12.4 Å². The summed E-state index contributed by atoms with van der Waals surface area (Å²) in [6.07, 6.45) is 0.517. The van der Waals surface area contributed by atoms with Gasteiger partial charge in [0, 0.05) is 12.1 Å². The highest BCUT2D eigenvalue weighted by Gasteiger charge is 2.07. The van der Waals surface area contributed by atoms with Crippen molar-refractivity contribution in [1.29, 1.82) is 0 Å². The highest BCUT2D eigenvalue weighted by molar-refractivity contribution is 5.85. The van der Waals surface area contributed by atoms with E-state index >= 15 is 0 Å². The van der Waals surface area contributed by atoms with Crippen LogP contribution in [0.15, 0.2) is 18.2 Å². The van der Waals surface area contributed by atoms with E-state index < -0.39 is 17.7 Å². The molecule has 0 bridgehead atoms. The van der Waals surface area contributed by atoms with Crippen molar-refractivity contribution in [2.24, 2.45) is 11.5 Å². The molecule has 0 aliphatic carbocycles. The van der Waals surface area contributed by atoms with Crippen molar-refractivity contribution in [2.75, 3.05) is 6.54 Å². The van der Waals surface area contributed by atoms with E-state index in [2.05, 4.69) is 0 Å². The Morgan fingerprint density at radius 1 is 1.14 bits per heavy atom. The summed E-state index contributed by atoms with van der Waals surface area (Å²) >= 11 is 0. The molecule has 0 amide bonds. The number of halogens is 3. The minimum atomic E-state index is -0.609.